The van der Waals surface area contributed by atoms with Crippen LogP contribution in [0.3, 0.4) is 0 Å². The van der Waals surface area contributed by atoms with Gasteiger partial charge in [-0.3, -0.25) is 14.3 Å². The smallest absolute Gasteiger partial charge is 0.327 e. The molecule has 94 valence electrons. The van der Waals surface area contributed by atoms with Crippen molar-refractivity contribution in [2.24, 2.45) is 0 Å². The van der Waals surface area contributed by atoms with Crippen LogP contribution in [-0.4, -0.2) is 49.6 Å². The van der Waals surface area contributed by atoms with Gasteiger partial charge in [0.1, 0.15) is 0 Å². The zero-order valence-corrected chi connectivity index (χ0v) is 11.5. The Morgan fingerprint density at radius 2 is 1.56 bits per heavy atom. The standard InChI is InChI=1S/C9H17ClNO4P/c1-5-14-8(12)7(9(13)15-6-2)16(10)11(3)4/h7H,5-6H2,1-4H3. The molecule has 0 aromatic heterocycles. The van der Waals surface area contributed by atoms with Gasteiger partial charge in [0.05, 0.1) is 20.6 Å². The minimum absolute atomic E-state index is 0.211. The van der Waals surface area contributed by atoms with Crippen LogP contribution in [0.25, 0.3) is 0 Å². The average Bonchev–Trinajstić information content (AvgIpc) is 2.18. The fourth-order valence-corrected chi connectivity index (χ4v) is 2.38. The van der Waals surface area contributed by atoms with E-state index in [2.05, 4.69) is 0 Å². The van der Waals surface area contributed by atoms with Crippen LogP contribution in [0.2, 0.25) is 0 Å². The number of carbonyl (C=O) groups excluding carboxylic acids is 2. The number of halogens is 1. The molecule has 0 rings (SSSR count). The van der Waals surface area contributed by atoms with E-state index in [0.717, 1.165) is 0 Å². The fourth-order valence-electron chi connectivity index (χ4n) is 0.944. The highest BCUT2D eigenvalue weighted by Crippen LogP contribution is 2.49. The normalized spacial score (nSPS) is 12.7. The second kappa shape index (κ2) is 7.82. The Kier molecular flexibility index (Phi) is 7.64. The first-order valence-corrected chi connectivity index (χ1v) is 7.18. The summed E-state index contributed by atoms with van der Waals surface area (Å²) in [6, 6.07) is 0. The Hall–Kier alpha value is -0.380. The van der Waals surface area contributed by atoms with Crippen molar-refractivity contribution in [1.82, 2.24) is 4.67 Å². The molecule has 0 heterocycles. The van der Waals surface area contributed by atoms with Crippen LogP contribution >= 0.6 is 18.7 Å². The second-order valence-electron chi connectivity index (χ2n) is 3.04. The van der Waals surface area contributed by atoms with Gasteiger partial charge in [0.15, 0.2) is 0 Å². The number of nitrogens with zero attached hydrogens (tertiary/aromatic N) is 1. The van der Waals surface area contributed by atoms with Crippen LogP contribution in [0.15, 0.2) is 0 Å². The van der Waals surface area contributed by atoms with E-state index in [-0.39, 0.29) is 13.2 Å². The molecular weight excluding hydrogens is 253 g/mol. The van der Waals surface area contributed by atoms with Crippen LogP contribution in [0, 0.1) is 0 Å². The summed E-state index contributed by atoms with van der Waals surface area (Å²) in [6.07, 6.45) is 0. The first-order chi connectivity index (χ1) is 7.45. The molecule has 1 unspecified atom stereocenters. The highest BCUT2D eigenvalue weighted by molar-refractivity contribution is 7.84. The summed E-state index contributed by atoms with van der Waals surface area (Å²) >= 11 is 6.03. The predicted octanol–water partition coefficient (Wildman–Crippen LogP) is 1.59. The SMILES string of the molecule is CCOC(=O)C(C(=O)OCC)P(Cl)N(C)C. The average molecular weight is 270 g/mol. The summed E-state index contributed by atoms with van der Waals surface area (Å²) in [5, 5.41) is 0. The first-order valence-electron chi connectivity index (χ1n) is 4.91. The molecule has 0 spiro atoms. The molecule has 0 aromatic carbocycles. The molecule has 7 heteroatoms. The number of hydrogen-bond donors (Lipinski definition) is 0. The Morgan fingerprint density at radius 1 is 1.19 bits per heavy atom. The Morgan fingerprint density at radius 3 is 1.81 bits per heavy atom. The summed E-state index contributed by atoms with van der Waals surface area (Å²) in [5.74, 6) is -1.26. The molecule has 5 nitrogen and oxygen atoms in total. The number of hydrogen-bond acceptors (Lipinski definition) is 5. The molecule has 0 aliphatic rings. The van der Waals surface area contributed by atoms with Crippen LogP contribution in [0.1, 0.15) is 13.8 Å². The van der Waals surface area contributed by atoms with Crippen molar-refractivity contribution >= 4 is 30.6 Å². The monoisotopic (exact) mass is 269 g/mol. The zero-order chi connectivity index (χ0) is 12.7. The summed E-state index contributed by atoms with van der Waals surface area (Å²) < 4.78 is 11.2. The molecule has 0 aliphatic carbocycles. The summed E-state index contributed by atoms with van der Waals surface area (Å²) in [6.45, 7) is 3.77. The third kappa shape index (κ3) is 4.64. The van der Waals surface area contributed by atoms with Crippen molar-refractivity contribution in [2.45, 2.75) is 19.5 Å². The van der Waals surface area contributed by atoms with Crippen molar-refractivity contribution in [2.75, 3.05) is 27.3 Å². The van der Waals surface area contributed by atoms with Crippen LogP contribution in [0.4, 0.5) is 0 Å². The Balaban J connectivity index is 4.75. The molecule has 0 saturated heterocycles. The Labute approximate surface area is 102 Å². The molecule has 0 radical (unpaired) electrons. The number of esters is 2. The van der Waals surface area contributed by atoms with Gasteiger partial charge in [-0.05, 0) is 27.9 Å². The predicted molar refractivity (Wildman–Crippen MR) is 63.5 cm³/mol. The topological polar surface area (TPSA) is 55.8 Å². The van der Waals surface area contributed by atoms with E-state index < -0.39 is 25.0 Å². The van der Waals surface area contributed by atoms with Crippen molar-refractivity contribution in [3.05, 3.63) is 0 Å². The molecule has 0 amide bonds. The quantitative estimate of drug-likeness (QED) is 0.416. The maximum absolute atomic E-state index is 11.6. The number of carbonyl (C=O) groups is 2. The number of rotatable bonds is 6. The molecule has 0 saturated carbocycles. The van der Waals surface area contributed by atoms with Crippen LogP contribution in [0.5, 0.6) is 0 Å². The fraction of sp³-hybridized carbons (Fsp3) is 0.778. The molecule has 0 aliphatic heterocycles. The maximum atomic E-state index is 11.6. The van der Waals surface area contributed by atoms with Crippen LogP contribution in [-0.2, 0) is 19.1 Å². The lowest BCUT2D eigenvalue weighted by molar-refractivity contribution is -0.153. The van der Waals surface area contributed by atoms with E-state index in [1.165, 1.54) is 0 Å². The summed E-state index contributed by atoms with van der Waals surface area (Å²) in [7, 11) is 1.95. The maximum Gasteiger partial charge on any atom is 0.327 e. The molecule has 16 heavy (non-hydrogen) atoms. The van der Waals surface area contributed by atoms with Crippen molar-refractivity contribution < 1.29 is 19.1 Å². The lowest BCUT2D eigenvalue weighted by atomic mass is 10.4. The lowest BCUT2D eigenvalue weighted by Crippen LogP contribution is -2.34. The van der Waals surface area contributed by atoms with Gasteiger partial charge < -0.3 is 9.47 Å². The van der Waals surface area contributed by atoms with E-state index in [1.807, 2.05) is 0 Å². The van der Waals surface area contributed by atoms with Crippen molar-refractivity contribution in [1.29, 1.82) is 0 Å². The van der Waals surface area contributed by atoms with E-state index in [4.69, 9.17) is 20.7 Å². The molecule has 0 fully saturated rings. The van der Waals surface area contributed by atoms with Gasteiger partial charge in [-0.2, -0.15) is 0 Å². The second-order valence-corrected chi connectivity index (χ2v) is 5.98. The highest BCUT2D eigenvalue weighted by atomic mass is 35.7. The molecule has 0 N–H and O–H groups in total. The Bertz CT molecular complexity index is 232. The van der Waals surface area contributed by atoms with E-state index in [1.54, 1.807) is 32.6 Å². The van der Waals surface area contributed by atoms with E-state index in [0.29, 0.717) is 0 Å². The van der Waals surface area contributed by atoms with Gasteiger partial charge in [-0.15, -0.1) is 0 Å². The van der Waals surface area contributed by atoms with E-state index >= 15 is 0 Å². The van der Waals surface area contributed by atoms with E-state index in [9.17, 15) is 9.59 Å². The van der Waals surface area contributed by atoms with Gasteiger partial charge in [0.2, 0.25) is 5.66 Å². The van der Waals surface area contributed by atoms with Gasteiger partial charge in [0.25, 0.3) is 0 Å². The summed E-state index contributed by atoms with van der Waals surface area (Å²) in [4.78, 5) is 23.2. The van der Waals surface area contributed by atoms with Gasteiger partial charge in [0, 0.05) is 0 Å². The minimum atomic E-state index is -1.45. The minimum Gasteiger partial charge on any atom is -0.465 e. The van der Waals surface area contributed by atoms with Gasteiger partial charge in [-0.25, -0.2) is 0 Å². The third-order valence-corrected chi connectivity index (χ3v) is 4.72. The largest absolute Gasteiger partial charge is 0.465 e. The number of ether oxygens (including phenoxy) is 2. The highest BCUT2D eigenvalue weighted by Gasteiger charge is 2.38. The molecular formula is C9H17ClNO4P. The summed E-state index contributed by atoms with van der Waals surface area (Å²) in [5.41, 5.74) is -1.05. The van der Waals surface area contributed by atoms with Gasteiger partial charge >= 0.3 is 11.9 Å². The lowest BCUT2D eigenvalue weighted by Gasteiger charge is -2.23. The first kappa shape index (κ1) is 15.6. The van der Waals surface area contributed by atoms with Crippen LogP contribution < -0.4 is 0 Å². The molecule has 0 bridgehead atoms. The molecule has 0 aromatic rings. The van der Waals surface area contributed by atoms with Gasteiger partial charge in [-0.1, -0.05) is 11.2 Å². The van der Waals surface area contributed by atoms with Crippen molar-refractivity contribution in [3.63, 3.8) is 0 Å². The zero-order valence-electron chi connectivity index (χ0n) is 9.90. The van der Waals surface area contributed by atoms with Crippen molar-refractivity contribution in [3.8, 4) is 0 Å². The third-order valence-electron chi connectivity index (χ3n) is 1.61. The molecule has 1 atom stereocenters.